The Balaban J connectivity index is 1.38. The first kappa shape index (κ1) is 29.8. The molecule has 1 aliphatic rings. The van der Waals surface area contributed by atoms with E-state index in [4.69, 9.17) is 0 Å². The molecule has 7 nitrogen and oxygen atoms in total. The summed E-state index contributed by atoms with van der Waals surface area (Å²) in [6, 6.07) is 27.5. The number of carbonyl (C=O) groups excluding carboxylic acids is 2. The molecule has 2 amide bonds. The Kier molecular flexibility index (Phi) is 9.28. The third-order valence-corrected chi connectivity index (χ3v) is 9.90. The molecule has 9 heteroatoms. The fraction of sp³-hybridized carbons (Fsp3) is 0.273. The van der Waals surface area contributed by atoms with Crippen LogP contribution in [-0.2, 0) is 32.6 Å². The van der Waals surface area contributed by atoms with Crippen molar-refractivity contribution in [2.45, 2.75) is 50.1 Å². The molecular weight excluding hydrogens is 614 g/mol. The fourth-order valence-electron chi connectivity index (χ4n) is 5.42. The maximum Gasteiger partial charge on any atom is 0.265 e. The lowest BCUT2D eigenvalue weighted by atomic mass is 10.0. The van der Waals surface area contributed by atoms with E-state index in [2.05, 4.69) is 21.2 Å². The van der Waals surface area contributed by atoms with Gasteiger partial charge < -0.3 is 10.2 Å². The highest BCUT2D eigenvalue weighted by Crippen LogP contribution is 2.42. The lowest BCUT2D eigenvalue weighted by Crippen LogP contribution is -2.50. The Labute approximate surface area is 255 Å². The standard InChI is InChI=1S/C33H34BrN3O4S/c1-2-20-35-33(39)29(22-24-9-4-3-5-10-24)36(23-25-16-18-27(34)19-17-25)31(38)15-8-21-37-28-13-6-11-26-12-7-14-30(32(26)28)42(37,40)41/h3-7,9-14,16-19,29H,2,8,15,20-23H2,1H3,(H,35,39)/t29-/m1/s1. The molecule has 0 bridgehead atoms. The Bertz CT molecular complexity index is 1670. The lowest BCUT2D eigenvalue weighted by molar-refractivity contribution is -0.141. The molecule has 4 aromatic carbocycles. The van der Waals surface area contributed by atoms with E-state index in [0.717, 1.165) is 32.8 Å². The molecule has 4 aromatic rings. The molecule has 1 N–H and O–H groups in total. The van der Waals surface area contributed by atoms with Gasteiger partial charge in [-0.1, -0.05) is 89.6 Å². The van der Waals surface area contributed by atoms with Crippen LogP contribution >= 0.6 is 15.9 Å². The number of rotatable bonds is 12. The Morgan fingerprint density at radius 2 is 1.62 bits per heavy atom. The van der Waals surface area contributed by atoms with Crippen molar-refractivity contribution in [1.82, 2.24) is 10.2 Å². The van der Waals surface area contributed by atoms with E-state index in [1.807, 2.05) is 85.8 Å². The van der Waals surface area contributed by atoms with Crippen molar-refractivity contribution in [3.8, 4) is 0 Å². The predicted molar refractivity (Wildman–Crippen MR) is 170 cm³/mol. The van der Waals surface area contributed by atoms with E-state index in [-0.39, 0.29) is 31.3 Å². The molecule has 218 valence electrons. The van der Waals surface area contributed by atoms with Crippen molar-refractivity contribution in [2.24, 2.45) is 0 Å². The van der Waals surface area contributed by atoms with Crippen LogP contribution in [0.4, 0.5) is 5.69 Å². The average molecular weight is 649 g/mol. The zero-order valence-electron chi connectivity index (χ0n) is 23.5. The monoisotopic (exact) mass is 647 g/mol. The zero-order valence-corrected chi connectivity index (χ0v) is 25.9. The number of amides is 2. The smallest absolute Gasteiger partial charge is 0.265 e. The van der Waals surface area contributed by atoms with E-state index in [1.165, 1.54) is 4.31 Å². The third-order valence-electron chi connectivity index (χ3n) is 7.52. The van der Waals surface area contributed by atoms with Crippen LogP contribution in [-0.4, -0.2) is 44.3 Å². The summed E-state index contributed by atoms with van der Waals surface area (Å²) in [5.74, 6) is -0.395. The first-order chi connectivity index (χ1) is 20.3. The van der Waals surface area contributed by atoms with Crippen LogP contribution in [0.5, 0.6) is 0 Å². The first-order valence-electron chi connectivity index (χ1n) is 14.2. The number of benzene rings is 4. The van der Waals surface area contributed by atoms with Crippen LogP contribution in [0, 0.1) is 0 Å². The van der Waals surface area contributed by atoms with Gasteiger partial charge in [0.05, 0.1) is 10.6 Å². The van der Waals surface area contributed by atoms with Crippen LogP contribution < -0.4 is 9.62 Å². The molecule has 0 radical (unpaired) electrons. The molecule has 0 fully saturated rings. The fourth-order valence-corrected chi connectivity index (χ4v) is 7.44. The quantitative estimate of drug-likeness (QED) is 0.203. The predicted octanol–water partition coefficient (Wildman–Crippen LogP) is 6.06. The van der Waals surface area contributed by atoms with Gasteiger partial charge in [-0.15, -0.1) is 0 Å². The van der Waals surface area contributed by atoms with Gasteiger partial charge in [-0.05, 0) is 53.6 Å². The van der Waals surface area contributed by atoms with Crippen molar-refractivity contribution >= 4 is 54.2 Å². The molecule has 0 saturated carbocycles. The highest BCUT2D eigenvalue weighted by atomic mass is 79.9. The molecule has 0 spiro atoms. The lowest BCUT2D eigenvalue weighted by Gasteiger charge is -2.32. The Morgan fingerprint density at radius 3 is 2.33 bits per heavy atom. The summed E-state index contributed by atoms with van der Waals surface area (Å²) in [4.78, 5) is 29.4. The van der Waals surface area contributed by atoms with Gasteiger partial charge in [0.25, 0.3) is 10.0 Å². The first-order valence-corrected chi connectivity index (χ1v) is 16.4. The van der Waals surface area contributed by atoms with Gasteiger partial charge in [0.1, 0.15) is 6.04 Å². The number of hydrogen-bond acceptors (Lipinski definition) is 4. The molecule has 1 aliphatic heterocycles. The summed E-state index contributed by atoms with van der Waals surface area (Å²) in [6.07, 6.45) is 1.56. The largest absolute Gasteiger partial charge is 0.354 e. The number of sulfonamides is 1. The number of hydrogen-bond donors (Lipinski definition) is 1. The van der Waals surface area contributed by atoms with Crippen LogP contribution in [0.15, 0.2) is 100 Å². The molecule has 0 aliphatic carbocycles. The van der Waals surface area contributed by atoms with Crippen LogP contribution in [0.3, 0.4) is 0 Å². The second-order valence-corrected chi connectivity index (χ2v) is 13.2. The van der Waals surface area contributed by atoms with Gasteiger partial charge in [0.15, 0.2) is 0 Å². The summed E-state index contributed by atoms with van der Waals surface area (Å²) < 4.78 is 29.2. The molecular formula is C33H34BrN3O4S. The van der Waals surface area contributed by atoms with Crippen molar-refractivity contribution < 1.29 is 18.0 Å². The van der Waals surface area contributed by atoms with Crippen LogP contribution in [0.2, 0.25) is 0 Å². The molecule has 5 rings (SSSR count). The van der Waals surface area contributed by atoms with Crippen LogP contribution in [0.25, 0.3) is 10.8 Å². The minimum atomic E-state index is -3.71. The highest BCUT2D eigenvalue weighted by Gasteiger charge is 2.36. The summed E-state index contributed by atoms with van der Waals surface area (Å²) in [7, 11) is -3.71. The average Bonchev–Trinajstić information content (AvgIpc) is 3.22. The third kappa shape index (κ3) is 6.37. The number of carbonyl (C=O) groups is 2. The van der Waals surface area contributed by atoms with Gasteiger partial charge in [-0.3, -0.25) is 13.9 Å². The van der Waals surface area contributed by atoms with Crippen molar-refractivity contribution in [3.63, 3.8) is 0 Å². The Morgan fingerprint density at radius 1 is 0.905 bits per heavy atom. The van der Waals surface area contributed by atoms with Gasteiger partial charge >= 0.3 is 0 Å². The SMILES string of the molecule is CCCNC(=O)[C@@H](Cc1ccccc1)N(Cc1ccc(Br)cc1)C(=O)CCCN1c2cccc3cccc(c23)S1(=O)=O. The van der Waals surface area contributed by atoms with Crippen molar-refractivity contribution in [2.75, 3.05) is 17.4 Å². The van der Waals surface area contributed by atoms with Gasteiger partial charge in [0.2, 0.25) is 11.8 Å². The van der Waals surface area contributed by atoms with E-state index in [0.29, 0.717) is 30.0 Å². The zero-order chi connectivity index (χ0) is 29.7. The minimum absolute atomic E-state index is 0.0984. The second kappa shape index (κ2) is 13.1. The maximum atomic E-state index is 13.9. The van der Waals surface area contributed by atoms with E-state index >= 15 is 0 Å². The van der Waals surface area contributed by atoms with Gasteiger partial charge in [-0.25, -0.2) is 8.42 Å². The number of nitrogens with zero attached hydrogens (tertiary/aromatic N) is 2. The summed E-state index contributed by atoms with van der Waals surface area (Å²) in [6.45, 7) is 2.93. The summed E-state index contributed by atoms with van der Waals surface area (Å²) in [5, 5.41) is 4.58. The van der Waals surface area contributed by atoms with E-state index in [1.54, 1.807) is 17.0 Å². The maximum absolute atomic E-state index is 13.9. The molecule has 1 atom stereocenters. The topological polar surface area (TPSA) is 86.8 Å². The molecule has 0 saturated heterocycles. The van der Waals surface area contributed by atoms with Gasteiger partial charge in [-0.2, -0.15) is 0 Å². The summed E-state index contributed by atoms with van der Waals surface area (Å²) >= 11 is 3.46. The Hall–Kier alpha value is -3.69. The highest BCUT2D eigenvalue weighted by molar-refractivity contribution is 9.10. The molecule has 42 heavy (non-hydrogen) atoms. The number of anilines is 1. The van der Waals surface area contributed by atoms with E-state index < -0.39 is 16.1 Å². The molecule has 0 unspecified atom stereocenters. The van der Waals surface area contributed by atoms with E-state index in [9.17, 15) is 18.0 Å². The second-order valence-electron chi connectivity index (χ2n) is 10.5. The minimum Gasteiger partial charge on any atom is -0.354 e. The molecule has 0 aromatic heterocycles. The number of halogens is 1. The van der Waals surface area contributed by atoms with Gasteiger partial charge in [0, 0.05) is 42.3 Å². The van der Waals surface area contributed by atoms with Crippen LogP contribution in [0.1, 0.15) is 37.3 Å². The molecule has 1 heterocycles. The number of nitrogens with one attached hydrogen (secondary N) is 1. The summed E-state index contributed by atoms with van der Waals surface area (Å²) in [5.41, 5.74) is 2.50. The normalized spacial score (nSPS) is 14.1. The van der Waals surface area contributed by atoms with Crippen molar-refractivity contribution in [1.29, 1.82) is 0 Å². The van der Waals surface area contributed by atoms with Crippen molar-refractivity contribution in [3.05, 3.63) is 107 Å².